The quantitative estimate of drug-likeness (QED) is 0.262. The maximum atomic E-state index is 2.60. The monoisotopic (exact) mass is 338 g/mol. The highest BCUT2D eigenvalue weighted by Crippen LogP contribution is 2.41. The van der Waals surface area contributed by atoms with E-state index in [0.717, 1.165) is 35.5 Å². The Hall–Kier alpha value is 0. The Morgan fingerprint density at radius 1 is 0.500 bits per heavy atom. The summed E-state index contributed by atoms with van der Waals surface area (Å²) in [5.74, 6) is 5.35. The summed E-state index contributed by atoms with van der Waals surface area (Å²) in [5.41, 5.74) is 0. The molecule has 24 heavy (non-hydrogen) atoms. The summed E-state index contributed by atoms with van der Waals surface area (Å²) in [7, 11) is 0. The van der Waals surface area contributed by atoms with Crippen molar-refractivity contribution in [3.63, 3.8) is 0 Å². The van der Waals surface area contributed by atoms with Crippen LogP contribution in [0.1, 0.15) is 120 Å². The van der Waals surface area contributed by atoms with E-state index in [4.69, 9.17) is 0 Å². The smallest absolute Gasteiger partial charge is 0.0357 e. The van der Waals surface area contributed by atoms with E-state index in [-0.39, 0.29) is 0 Å². The Kier molecular flexibility index (Phi) is 14.2. The molecule has 0 aliphatic carbocycles. The lowest BCUT2D eigenvalue weighted by atomic mass is 9.66. The summed E-state index contributed by atoms with van der Waals surface area (Å²) < 4.78 is 0. The van der Waals surface area contributed by atoms with E-state index in [1.54, 1.807) is 0 Å². The molecule has 0 fully saturated rings. The van der Waals surface area contributed by atoms with Crippen LogP contribution >= 0.6 is 0 Å². The first kappa shape index (κ1) is 24.0. The predicted octanol–water partition coefficient (Wildman–Crippen LogP) is 8.74. The summed E-state index contributed by atoms with van der Waals surface area (Å²) in [6.45, 7) is 19.6. The van der Waals surface area contributed by atoms with Gasteiger partial charge in [0.1, 0.15) is 0 Å². The van der Waals surface area contributed by atoms with Crippen molar-refractivity contribution in [1.82, 2.24) is 0 Å². The molecule has 0 aliphatic heterocycles. The molecular weight excluding hydrogens is 288 g/mol. The fourth-order valence-corrected chi connectivity index (χ4v) is 4.80. The SMILES string of the molecule is CCCCCCCC(C(C)C(C)CC)C(C)C(CCC)C(C)CC. The number of rotatable bonds is 15. The first-order valence-corrected chi connectivity index (χ1v) is 11.4. The van der Waals surface area contributed by atoms with E-state index in [2.05, 4.69) is 55.4 Å². The van der Waals surface area contributed by atoms with Gasteiger partial charge in [-0.3, -0.25) is 0 Å². The van der Waals surface area contributed by atoms with Crippen LogP contribution in [0, 0.1) is 35.5 Å². The molecule has 0 saturated carbocycles. The molecule has 0 N–H and O–H groups in total. The molecule has 0 aromatic heterocycles. The minimum absolute atomic E-state index is 0.868. The van der Waals surface area contributed by atoms with Crippen molar-refractivity contribution < 1.29 is 0 Å². The zero-order valence-electron chi connectivity index (χ0n) is 18.5. The summed E-state index contributed by atoms with van der Waals surface area (Å²) >= 11 is 0. The van der Waals surface area contributed by atoms with Gasteiger partial charge in [0.2, 0.25) is 0 Å². The van der Waals surface area contributed by atoms with Gasteiger partial charge in [-0.05, 0) is 41.9 Å². The van der Waals surface area contributed by atoms with Crippen LogP contribution in [0.5, 0.6) is 0 Å². The van der Waals surface area contributed by atoms with Gasteiger partial charge < -0.3 is 0 Å². The van der Waals surface area contributed by atoms with Gasteiger partial charge in [0.25, 0.3) is 0 Å². The lowest BCUT2D eigenvalue weighted by molar-refractivity contribution is 0.0973. The third-order valence-corrected chi connectivity index (χ3v) is 7.21. The Bertz CT molecular complexity index is 269. The summed E-state index contributed by atoms with van der Waals surface area (Å²) in [5, 5.41) is 0. The third kappa shape index (κ3) is 8.39. The largest absolute Gasteiger partial charge is 0.0654 e. The molecule has 0 heteroatoms. The van der Waals surface area contributed by atoms with Gasteiger partial charge in [-0.2, -0.15) is 0 Å². The zero-order valence-corrected chi connectivity index (χ0v) is 18.5. The van der Waals surface area contributed by atoms with Gasteiger partial charge in [-0.1, -0.05) is 113 Å². The molecule has 0 aromatic rings. The zero-order chi connectivity index (χ0) is 18.5. The number of hydrogen-bond donors (Lipinski definition) is 0. The van der Waals surface area contributed by atoms with Gasteiger partial charge in [0.05, 0.1) is 0 Å². The van der Waals surface area contributed by atoms with Gasteiger partial charge in [-0.15, -0.1) is 0 Å². The molecule has 0 spiro atoms. The van der Waals surface area contributed by atoms with Crippen LogP contribution in [0.3, 0.4) is 0 Å². The molecule has 0 radical (unpaired) electrons. The molecule has 0 heterocycles. The van der Waals surface area contributed by atoms with Crippen molar-refractivity contribution in [2.75, 3.05) is 0 Å². The fraction of sp³-hybridized carbons (Fsp3) is 1.00. The first-order valence-electron chi connectivity index (χ1n) is 11.4. The molecule has 0 aliphatic rings. The van der Waals surface area contributed by atoms with Crippen LogP contribution in [0.25, 0.3) is 0 Å². The van der Waals surface area contributed by atoms with Crippen molar-refractivity contribution in [2.45, 2.75) is 120 Å². The van der Waals surface area contributed by atoms with Gasteiger partial charge in [0.15, 0.2) is 0 Å². The molecule has 0 aromatic carbocycles. The molecule has 0 rings (SSSR count). The van der Waals surface area contributed by atoms with Crippen LogP contribution in [0.2, 0.25) is 0 Å². The van der Waals surface area contributed by atoms with Crippen LogP contribution in [0.15, 0.2) is 0 Å². The van der Waals surface area contributed by atoms with Crippen molar-refractivity contribution in [2.24, 2.45) is 35.5 Å². The minimum Gasteiger partial charge on any atom is -0.0654 e. The Balaban J connectivity index is 4.97. The second-order valence-corrected chi connectivity index (χ2v) is 8.81. The predicted molar refractivity (Wildman–Crippen MR) is 113 cm³/mol. The lowest BCUT2D eigenvalue weighted by Crippen LogP contribution is -2.32. The van der Waals surface area contributed by atoms with Crippen LogP contribution in [-0.2, 0) is 0 Å². The van der Waals surface area contributed by atoms with E-state index >= 15 is 0 Å². The van der Waals surface area contributed by atoms with E-state index in [9.17, 15) is 0 Å². The molecule has 6 atom stereocenters. The van der Waals surface area contributed by atoms with Crippen molar-refractivity contribution in [1.29, 1.82) is 0 Å². The maximum Gasteiger partial charge on any atom is -0.0357 e. The summed E-state index contributed by atoms with van der Waals surface area (Å²) in [6, 6.07) is 0. The van der Waals surface area contributed by atoms with Gasteiger partial charge >= 0.3 is 0 Å². The van der Waals surface area contributed by atoms with Crippen LogP contribution in [0.4, 0.5) is 0 Å². The normalized spacial score (nSPS) is 19.5. The first-order chi connectivity index (χ1) is 11.4. The summed E-state index contributed by atoms with van der Waals surface area (Å²) in [4.78, 5) is 0. The van der Waals surface area contributed by atoms with Crippen molar-refractivity contribution in [3.8, 4) is 0 Å². The van der Waals surface area contributed by atoms with E-state index < -0.39 is 0 Å². The average Bonchev–Trinajstić information content (AvgIpc) is 2.60. The summed E-state index contributed by atoms with van der Waals surface area (Å²) in [6.07, 6.45) is 14.0. The highest BCUT2D eigenvalue weighted by molar-refractivity contribution is 4.82. The molecule has 0 amide bonds. The molecule has 0 nitrogen and oxygen atoms in total. The van der Waals surface area contributed by atoms with Gasteiger partial charge in [-0.25, -0.2) is 0 Å². The van der Waals surface area contributed by atoms with Crippen LogP contribution < -0.4 is 0 Å². The highest BCUT2D eigenvalue weighted by atomic mass is 14.4. The second kappa shape index (κ2) is 14.2. The highest BCUT2D eigenvalue weighted by Gasteiger charge is 2.32. The molecule has 0 saturated heterocycles. The fourth-order valence-electron chi connectivity index (χ4n) is 4.80. The molecule has 0 bridgehead atoms. The second-order valence-electron chi connectivity index (χ2n) is 8.81. The van der Waals surface area contributed by atoms with Gasteiger partial charge in [0, 0.05) is 0 Å². The Labute approximate surface area is 155 Å². The minimum atomic E-state index is 0.868. The van der Waals surface area contributed by atoms with E-state index in [1.807, 2.05) is 0 Å². The van der Waals surface area contributed by atoms with Crippen LogP contribution in [-0.4, -0.2) is 0 Å². The number of unbranched alkanes of at least 4 members (excludes halogenated alkanes) is 4. The molecular formula is C24H50. The average molecular weight is 339 g/mol. The topological polar surface area (TPSA) is 0 Å². The van der Waals surface area contributed by atoms with E-state index in [1.165, 1.54) is 64.2 Å². The molecule has 146 valence electrons. The standard InChI is InChI=1S/C24H50/c1-9-13-14-15-16-18-24(21(7)19(5)11-3)22(8)23(17-10-2)20(6)12-4/h19-24H,9-18H2,1-8H3. The van der Waals surface area contributed by atoms with Crippen molar-refractivity contribution >= 4 is 0 Å². The Morgan fingerprint density at radius 2 is 1.08 bits per heavy atom. The Morgan fingerprint density at radius 3 is 1.58 bits per heavy atom. The third-order valence-electron chi connectivity index (χ3n) is 7.21. The van der Waals surface area contributed by atoms with Crippen molar-refractivity contribution in [3.05, 3.63) is 0 Å². The lowest BCUT2D eigenvalue weighted by Gasteiger charge is -2.40. The molecule has 6 unspecified atom stereocenters. The maximum absolute atomic E-state index is 2.60. The van der Waals surface area contributed by atoms with E-state index in [0.29, 0.717) is 0 Å². The number of hydrogen-bond acceptors (Lipinski definition) is 0.